The molecule has 6 nitrogen and oxygen atoms in total. The first-order valence-electron chi connectivity index (χ1n) is 6.94. The Labute approximate surface area is 130 Å². The largest absolute Gasteiger partial charge is 0.465 e. The lowest BCUT2D eigenvalue weighted by Gasteiger charge is -2.07. The van der Waals surface area contributed by atoms with E-state index in [-0.39, 0.29) is 29.0 Å². The third-order valence-corrected chi connectivity index (χ3v) is 3.69. The minimum Gasteiger partial charge on any atom is -0.465 e. The first-order valence-corrected chi connectivity index (χ1v) is 6.94. The molecule has 0 saturated heterocycles. The van der Waals surface area contributed by atoms with Crippen molar-refractivity contribution in [1.29, 1.82) is 0 Å². The summed E-state index contributed by atoms with van der Waals surface area (Å²) in [5, 5.41) is 2.69. The first-order chi connectivity index (χ1) is 11.0. The maximum atomic E-state index is 13.8. The van der Waals surface area contributed by atoms with Gasteiger partial charge in [0.25, 0.3) is 5.56 Å². The number of carbonyl (C=O) groups excluding carboxylic acids is 1. The van der Waals surface area contributed by atoms with Gasteiger partial charge in [0, 0.05) is 23.9 Å². The number of aromatic amines is 1. The van der Waals surface area contributed by atoms with Crippen LogP contribution in [0.1, 0.15) is 27.2 Å². The number of nitrogens with zero attached hydrogens (tertiary/aromatic N) is 2. The zero-order valence-corrected chi connectivity index (χ0v) is 12.6. The highest BCUT2D eigenvalue weighted by atomic mass is 19.1. The predicted octanol–water partition coefficient (Wildman–Crippen LogP) is 1.85. The SMILES string of the molecule is COC(=O)c1c[nH]n2c(=O)c(Cc3ccccc3F)c(C)nc12. The van der Waals surface area contributed by atoms with E-state index in [1.807, 2.05) is 0 Å². The summed E-state index contributed by atoms with van der Waals surface area (Å²) in [5.41, 5.74) is 1.22. The molecule has 0 fully saturated rings. The van der Waals surface area contributed by atoms with E-state index >= 15 is 0 Å². The van der Waals surface area contributed by atoms with Crippen LogP contribution in [0.4, 0.5) is 4.39 Å². The van der Waals surface area contributed by atoms with Crippen molar-refractivity contribution < 1.29 is 13.9 Å². The lowest BCUT2D eigenvalue weighted by molar-refractivity contribution is 0.0602. The van der Waals surface area contributed by atoms with Crippen molar-refractivity contribution in [1.82, 2.24) is 14.6 Å². The monoisotopic (exact) mass is 315 g/mol. The normalized spacial score (nSPS) is 10.9. The van der Waals surface area contributed by atoms with E-state index < -0.39 is 5.97 Å². The fraction of sp³-hybridized carbons (Fsp3) is 0.188. The summed E-state index contributed by atoms with van der Waals surface area (Å²) < 4.78 is 19.6. The summed E-state index contributed by atoms with van der Waals surface area (Å²) >= 11 is 0. The molecule has 1 N–H and O–H groups in total. The number of ether oxygens (including phenoxy) is 1. The molecule has 0 saturated carbocycles. The van der Waals surface area contributed by atoms with Gasteiger partial charge in [0.15, 0.2) is 5.65 Å². The molecule has 2 aromatic heterocycles. The molecule has 1 aromatic carbocycles. The standard InChI is InChI=1S/C16H14FN3O3/c1-9-11(7-10-5-3-4-6-13(10)17)15(21)20-14(19-9)12(8-18-20)16(22)23-2/h3-6,8,18H,7H2,1-2H3. The van der Waals surface area contributed by atoms with Crippen molar-refractivity contribution in [2.24, 2.45) is 0 Å². The van der Waals surface area contributed by atoms with Gasteiger partial charge in [-0.2, -0.15) is 0 Å². The Morgan fingerprint density at radius 3 is 2.83 bits per heavy atom. The quantitative estimate of drug-likeness (QED) is 0.748. The molecule has 23 heavy (non-hydrogen) atoms. The number of fused-ring (bicyclic) bond motifs is 1. The number of aryl methyl sites for hydroxylation is 1. The zero-order chi connectivity index (χ0) is 16.6. The number of methoxy groups -OCH3 is 1. The molecule has 3 rings (SSSR count). The number of hydrogen-bond donors (Lipinski definition) is 1. The average molecular weight is 315 g/mol. The number of esters is 1. The molecule has 0 aliphatic heterocycles. The van der Waals surface area contributed by atoms with Gasteiger partial charge in [-0.1, -0.05) is 18.2 Å². The molecule has 0 spiro atoms. The molecule has 0 aliphatic rings. The predicted molar refractivity (Wildman–Crippen MR) is 81.1 cm³/mol. The van der Waals surface area contributed by atoms with Gasteiger partial charge < -0.3 is 4.74 Å². The maximum absolute atomic E-state index is 13.8. The average Bonchev–Trinajstić information content (AvgIpc) is 2.96. The van der Waals surface area contributed by atoms with Crippen molar-refractivity contribution in [3.05, 3.63) is 69.0 Å². The van der Waals surface area contributed by atoms with Crippen molar-refractivity contribution in [2.45, 2.75) is 13.3 Å². The Morgan fingerprint density at radius 1 is 1.39 bits per heavy atom. The minimum absolute atomic E-state index is 0.125. The maximum Gasteiger partial charge on any atom is 0.343 e. The van der Waals surface area contributed by atoms with Crippen LogP contribution in [0.5, 0.6) is 0 Å². The lowest BCUT2D eigenvalue weighted by atomic mass is 10.0. The summed E-state index contributed by atoms with van der Waals surface area (Å²) in [6.07, 6.45) is 1.49. The van der Waals surface area contributed by atoms with E-state index in [2.05, 4.69) is 14.8 Å². The Balaban J connectivity index is 2.15. The molecular formula is C16H14FN3O3. The number of benzene rings is 1. The van der Waals surface area contributed by atoms with Gasteiger partial charge in [0.2, 0.25) is 0 Å². The van der Waals surface area contributed by atoms with E-state index in [4.69, 9.17) is 0 Å². The molecule has 0 unspecified atom stereocenters. The van der Waals surface area contributed by atoms with Crippen LogP contribution in [0.25, 0.3) is 5.65 Å². The van der Waals surface area contributed by atoms with Crippen LogP contribution in [0.3, 0.4) is 0 Å². The number of nitrogens with one attached hydrogen (secondary N) is 1. The van der Waals surface area contributed by atoms with Gasteiger partial charge in [-0.05, 0) is 18.6 Å². The van der Waals surface area contributed by atoms with Crippen LogP contribution in [0.15, 0.2) is 35.3 Å². The Hall–Kier alpha value is -2.96. The fourth-order valence-corrected chi connectivity index (χ4v) is 2.45. The lowest BCUT2D eigenvalue weighted by Crippen LogP contribution is -2.22. The number of H-pyrrole nitrogens is 1. The number of rotatable bonds is 3. The highest BCUT2D eigenvalue weighted by molar-refractivity contribution is 5.95. The summed E-state index contributed by atoms with van der Waals surface area (Å²) in [5.74, 6) is -0.963. The van der Waals surface area contributed by atoms with Crippen LogP contribution < -0.4 is 5.56 Å². The van der Waals surface area contributed by atoms with Crippen LogP contribution in [0, 0.1) is 12.7 Å². The molecule has 0 bridgehead atoms. The molecule has 3 aromatic rings. The highest BCUT2D eigenvalue weighted by Gasteiger charge is 2.19. The second-order valence-electron chi connectivity index (χ2n) is 5.09. The van der Waals surface area contributed by atoms with Crippen molar-refractivity contribution in [3.8, 4) is 0 Å². The fourth-order valence-electron chi connectivity index (χ4n) is 2.45. The molecule has 0 amide bonds. The highest BCUT2D eigenvalue weighted by Crippen LogP contribution is 2.15. The van der Waals surface area contributed by atoms with Crippen molar-refractivity contribution >= 4 is 11.6 Å². The third kappa shape index (κ3) is 2.50. The summed E-state index contributed by atoms with van der Waals surface area (Å²) in [6.45, 7) is 1.66. The number of carbonyl (C=O) groups is 1. The molecule has 0 aliphatic carbocycles. The smallest absolute Gasteiger partial charge is 0.343 e. The van der Waals surface area contributed by atoms with Crippen LogP contribution in [0.2, 0.25) is 0 Å². The summed E-state index contributed by atoms with van der Waals surface area (Å²) in [6, 6.07) is 6.27. The summed E-state index contributed by atoms with van der Waals surface area (Å²) in [4.78, 5) is 28.6. The van der Waals surface area contributed by atoms with Crippen LogP contribution in [-0.4, -0.2) is 27.7 Å². The van der Waals surface area contributed by atoms with Gasteiger partial charge in [0.1, 0.15) is 11.4 Å². The topological polar surface area (TPSA) is 76.5 Å². The molecule has 2 heterocycles. The zero-order valence-electron chi connectivity index (χ0n) is 12.6. The van der Waals surface area contributed by atoms with Crippen molar-refractivity contribution in [3.63, 3.8) is 0 Å². The number of aromatic nitrogens is 3. The van der Waals surface area contributed by atoms with Gasteiger partial charge in [-0.3, -0.25) is 9.89 Å². The Bertz CT molecular complexity index is 959. The Morgan fingerprint density at radius 2 is 2.13 bits per heavy atom. The number of hydrogen-bond acceptors (Lipinski definition) is 4. The second kappa shape index (κ2) is 5.68. The van der Waals surface area contributed by atoms with Gasteiger partial charge in [0.05, 0.1) is 7.11 Å². The van der Waals surface area contributed by atoms with E-state index in [1.165, 1.54) is 19.4 Å². The first kappa shape index (κ1) is 15.0. The molecule has 0 radical (unpaired) electrons. The van der Waals surface area contributed by atoms with E-state index in [0.717, 1.165) is 4.52 Å². The van der Waals surface area contributed by atoms with Gasteiger partial charge >= 0.3 is 5.97 Å². The van der Waals surface area contributed by atoms with E-state index in [1.54, 1.807) is 25.1 Å². The summed E-state index contributed by atoms with van der Waals surface area (Å²) in [7, 11) is 1.25. The number of halogens is 1. The van der Waals surface area contributed by atoms with Gasteiger partial charge in [-0.15, -0.1) is 0 Å². The minimum atomic E-state index is -0.586. The molecular weight excluding hydrogens is 301 g/mol. The van der Waals surface area contributed by atoms with Crippen LogP contribution >= 0.6 is 0 Å². The third-order valence-electron chi connectivity index (χ3n) is 3.69. The van der Waals surface area contributed by atoms with E-state index in [0.29, 0.717) is 16.8 Å². The van der Waals surface area contributed by atoms with Crippen LogP contribution in [-0.2, 0) is 11.2 Å². The second-order valence-corrected chi connectivity index (χ2v) is 5.09. The van der Waals surface area contributed by atoms with Gasteiger partial charge in [-0.25, -0.2) is 18.7 Å². The van der Waals surface area contributed by atoms with E-state index in [9.17, 15) is 14.0 Å². The molecule has 118 valence electrons. The van der Waals surface area contributed by atoms with Crippen molar-refractivity contribution in [2.75, 3.05) is 7.11 Å². The molecule has 0 atom stereocenters. The molecule has 7 heteroatoms. The Kier molecular flexibility index (Phi) is 3.69.